The Hall–Kier alpha value is -3.30. The van der Waals surface area contributed by atoms with Gasteiger partial charge in [-0.2, -0.15) is 0 Å². The van der Waals surface area contributed by atoms with Gasteiger partial charge in [0.15, 0.2) is 5.78 Å². The zero-order valence-corrected chi connectivity index (χ0v) is 22.0. The number of thiophene rings is 1. The number of carbonyl (C=O) groups excluding carboxylic acids is 2. The van der Waals surface area contributed by atoms with Crippen LogP contribution in [-0.2, 0) is 17.6 Å². The number of hydrogen-bond donors (Lipinski definition) is 1. The molecule has 2 fully saturated rings. The minimum atomic E-state index is -0.0530. The summed E-state index contributed by atoms with van der Waals surface area (Å²) >= 11 is 1.66. The van der Waals surface area contributed by atoms with E-state index in [1.807, 2.05) is 39.4 Å². The van der Waals surface area contributed by atoms with Crippen LogP contribution in [-0.4, -0.2) is 71.0 Å². The van der Waals surface area contributed by atoms with Gasteiger partial charge in [0.25, 0.3) is 0 Å². The van der Waals surface area contributed by atoms with Crippen LogP contribution >= 0.6 is 11.3 Å². The fourth-order valence-electron chi connectivity index (χ4n) is 4.97. The first-order chi connectivity index (χ1) is 17.9. The monoisotopic (exact) mass is 519 g/mol. The van der Waals surface area contributed by atoms with E-state index in [4.69, 9.17) is 10.5 Å². The maximum absolute atomic E-state index is 13.0. The number of anilines is 1. The van der Waals surface area contributed by atoms with Gasteiger partial charge in [0.1, 0.15) is 5.82 Å². The predicted octanol–water partition coefficient (Wildman–Crippen LogP) is 4.31. The SMILES string of the molecule is CC1(Cc2ncc(C(=O)Cc3cc(-c4cccs4)ccc3N)cn2)CCN(C(=O)N2CCOCC2)CC1. The highest BCUT2D eigenvalue weighted by Gasteiger charge is 2.34. The van der Waals surface area contributed by atoms with Crippen molar-refractivity contribution >= 4 is 28.8 Å². The second-order valence-electron chi connectivity index (χ2n) is 10.2. The van der Waals surface area contributed by atoms with Gasteiger partial charge in [-0.3, -0.25) is 4.79 Å². The molecule has 2 aromatic heterocycles. The lowest BCUT2D eigenvalue weighted by atomic mass is 9.77. The van der Waals surface area contributed by atoms with Gasteiger partial charge in [-0.15, -0.1) is 11.3 Å². The highest BCUT2D eigenvalue weighted by Crippen LogP contribution is 2.34. The molecular weight excluding hydrogens is 486 g/mol. The normalized spacial score (nSPS) is 17.5. The van der Waals surface area contributed by atoms with E-state index in [0.29, 0.717) is 37.6 Å². The number of aromatic nitrogens is 2. The quantitative estimate of drug-likeness (QED) is 0.385. The van der Waals surface area contributed by atoms with E-state index in [1.165, 1.54) is 0 Å². The van der Waals surface area contributed by atoms with E-state index < -0.39 is 0 Å². The zero-order chi connectivity index (χ0) is 25.8. The Morgan fingerprint density at radius 3 is 2.43 bits per heavy atom. The Kier molecular flexibility index (Phi) is 7.53. The molecule has 8 nitrogen and oxygen atoms in total. The smallest absolute Gasteiger partial charge is 0.320 e. The number of morpholine rings is 1. The number of nitrogens with two attached hydrogens (primary N) is 1. The molecule has 0 bridgehead atoms. The highest BCUT2D eigenvalue weighted by molar-refractivity contribution is 7.13. The molecule has 0 atom stereocenters. The number of ketones is 1. The van der Waals surface area contributed by atoms with Crippen molar-refractivity contribution in [3.05, 3.63) is 65.1 Å². The highest BCUT2D eigenvalue weighted by atomic mass is 32.1. The van der Waals surface area contributed by atoms with Crippen LogP contribution in [0.25, 0.3) is 10.4 Å². The first kappa shape index (κ1) is 25.4. The van der Waals surface area contributed by atoms with Crippen LogP contribution < -0.4 is 5.73 Å². The number of amides is 2. The maximum atomic E-state index is 13.0. The van der Waals surface area contributed by atoms with Crippen molar-refractivity contribution in [3.63, 3.8) is 0 Å². The summed E-state index contributed by atoms with van der Waals surface area (Å²) in [4.78, 5) is 39.8. The lowest BCUT2D eigenvalue weighted by molar-refractivity contribution is 0.0359. The topological polar surface area (TPSA) is 102 Å². The molecule has 37 heavy (non-hydrogen) atoms. The van der Waals surface area contributed by atoms with Crippen molar-refractivity contribution in [1.82, 2.24) is 19.8 Å². The first-order valence-corrected chi connectivity index (χ1v) is 13.7. The number of piperidine rings is 1. The molecule has 194 valence electrons. The van der Waals surface area contributed by atoms with Crippen molar-refractivity contribution < 1.29 is 14.3 Å². The van der Waals surface area contributed by atoms with Crippen LogP contribution in [0.5, 0.6) is 0 Å². The number of benzene rings is 1. The molecular formula is C28H33N5O3S. The van der Waals surface area contributed by atoms with E-state index in [1.54, 1.807) is 23.7 Å². The van der Waals surface area contributed by atoms with Gasteiger partial charge in [0, 0.05) is 62.0 Å². The Morgan fingerprint density at radius 1 is 1.05 bits per heavy atom. The molecule has 1 aromatic carbocycles. The predicted molar refractivity (Wildman–Crippen MR) is 145 cm³/mol. The second-order valence-corrected chi connectivity index (χ2v) is 11.2. The molecule has 0 saturated carbocycles. The van der Waals surface area contributed by atoms with Gasteiger partial charge in [-0.1, -0.05) is 19.1 Å². The average Bonchev–Trinajstić information content (AvgIpc) is 3.46. The lowest BCUT2D eigenvalue weighted by Gasteiger charge is -2.41. The Morgan fingerprint density at radius 2 is 1.76 bits per heavy atom. The van der Waals surface area contributed by atoms with Crippen molar-refractivity contribution in [1.29, 1.82) is 0 Å². The fourth-order valence-corrected chi connectivity index (χ4v) is 5.69. The summed E-state index contributed by atoms with van der Waals surface area (Å²) in [5.74, 6) is 0.675. The third-order valence-corrected chi connectivity index (χ3v) is 8.35. The van der Waals surface area contributed by atoms with E-state index in [2.05, 4.69) is 23.0 Å². The lowest BCUT2D eigenvalue weighted by Crippen LogP contribution is -2.51. The van der Waals surface area contributed by atoms with Crippen molar-refractivity contribution in [3.8, 4) is 10.4 Å². The van der Waals surface area contributed by atoms with Gasteiger partial charge < -0.3 is 20.3 Å². The summed E-state index contributed by atoms with van der Waals surface area (Å²) in [6.45, 7) is 6.25. The van der Waals surface area contributed by atoms with Crippen LogP contribution in [0.15, 0.2) is 48.1 Å². The number of Topliss-reactive ketones (excluding diaryl/α,β-unsaturated/α-hetero) is 1. The summed E-state index contributed by atoms with van der Waals surface area (Å²) in [6.07, 6.45) is 5.98. The maximum Gasteiger partial charge on any atom is 0.320 e. The summed E-state index contributed by atoms with van der Waals surface area (Å²) in [7, 11) is 0. The number of nitrogen functional groups attached to an aromatic ring is 1. The van der Waals surface area contributed by atoms with Gasteiger partial charge in [-0.05, 0) is 53.0 Å². The molecule has 2 N–H and O–H groups in total. The molecule has 2 amide bonds. The molecule has 0 aliphatic carbocycles. The number of ether oxygens (including phenoxy) is 1. The van der Waals surface area contributed by atoms with Gasteiger partial charge in [0.05, 0.1) is 18.8 Å². The molecule has 2 saturated heterocycles. The van der Waals surface area contributed by atoms with Crippen LogP contribution in [0.2, 0.25) is 0 Å². The van der Waals surface area contributed by atoms with Crippen LogP contribution in [0.1, 0.15) is 41.5 Å². The second kappa shape index (κ2) is 11.0. The molecule has 5 rings (SSSR count). The van der Waals surface area contributed by atoms with E-state index in [-0.39, 0.29) is 23.7 Å². The average molecular weight is 520 g/mol. The first-order valence-electron chi connectivity index (χ1n) is 12.8. The summed E-state index contributed by atoms with van der Waals surface area (Å²) in [5.41, 5.74) is 9.15. The summed E-state index contributed by atoms with van der Waals surface area (Å²) < 4.78 is 5.36. The minimum Gasteiger partial charge on any atom is -0.398 e. The van der Waals surface area contributed by atoms with Crippen LogP contribution in [0.4, 0.5) is 10.5 Å². The van der Waals surface area contributed by atoms with Gasteiger partial charge in [0.2, 0.25) is 0 Å². The third-order valence-electron chi connectivity index (χ3n) is 7.43. The van der Waals surface area contributed by atoms with E-state index >= 15 is 0 Å². The summed E-state index contributed by atoms with van der Waals surface area (Å²) in [6, 6.07) is 10.0. The van der Waals surface area contributed by atoms with Crippen molar-refractivity contribution in [2.75, 3.05) is 45.1 Å². The molecule has 4 heterocycles. The van der Waals surface area contributed by atoms with Gasteiger partial charge in [-0.25, -0.2) is 14.8 Å². The number of likely N-dealkylation sites (tertiary alicyclic amines) is 1. The number of nitrogens with zero attached hydrogens (tertiary/aromatic N) is 4. The summed E-state index contributed by atoms with van der Waals surface area (Å²) in [5, 5.41) is 2.03. The Labute approximate surface area is 221 Å². The molecule has 2 aliphatic rings. The number of urea groups is 1. The fraction of sp³-hybridized carbons (Fsp3) is 0.429. The van der Waals surface area contributed by atoms with Crippen molar-refractivity contribution in [2.45, 2.75) is 32.6 Å². The molecule has 2 aliphatic heterocycles. The van der Waals surface area contributed by atoms with Crippen molar-refractivity contribution in [2.24, 2.45) is 5.41 Å². The Balaban J connectivity index is 1.17. The Bertz CT molecular complexity index is 1230. The van der Waals surface area contributed by atoms with Crippen LogP contribution in [0, 0.1) is 5.41 Å². The zero-order valence-electron chi connectivity index (χ0n) is 21.2. The third kappa shape index (κ3) is 5.99. The number of rotatable bonds is 6. The standard InChI is InChI=1S/C28H33N5O3S/c1-28(6-8-32(9-7-28)27(35)33-10-12-36-13-11-33)17-26-30-18-22(19-31-26)24(34)16-21-15-20(4-5-23(21)29)25-3-2-14-37-25/h2-5,14-15,18-19H,6-13,16-17,29H2,1H3. The minimum absolute atomic E-state index is 0.0179. The van der Waals surface area contributed by atoms with E-state index in [9.17, 15) is 9.59 Å². The molecule has 0 unspecified atom stereocenters. The largest absolute Gasteiger partial charge is 0.398 e. The molecule has 3 aromatic rings. The number of carbonyl (C=O) groups is 2. The molecule has 9 heteroatoms. The van der Waals surface area contributed by atoms with Crippen LogP contribution in [0.3, 0.4) is 0 Å². The van der Waals surface area contributed by atoms with E-state index in [0.717, 1.165) is 54.2 Å². The van der Waals surface area contributed by atoms with Gasteiger partial charge >= 0.3 is 6.03 Å². The molecule has 0 radical (unpaired) electrons. The number of hydrogen-bond acceptors (Lipinski definition) is 7. The molecule has 0 spiro atoms.